The van der Waals surface area contributed by atoms with E-state index in [4.69, 9.17) is 0 Å². The van der Waals surface area contributed by atoms with Gasteiger partial charge in [-0.2, -0.15) is 26.3 Å². The maximum atomic E-state index is 12.3. The van der Waals surface area contributed by atoms with Gasteiger partial charge < -0.3 is 4.74 Å². The Balaban J connectivity index is 2.01. The molecule has 0 N–H and O–H groups in total. The van der Waals surface area contributed by atoms with Crippen molar-refractivity contribution in [3.05, 3.63) is 0 Å². The summed E-state index contributed by atoms with van der Waals surface area (Å²) in [6, 6.07) is 0. The molecule has 13 heteroatoms. The van der Waals surface area contributed by atoms with E-state index in [2.05, 4.69) is 18.3 Å². The standard InChI is InChI=1S/C9H9F6O6P/c10-8(11,12)5(9(13,14)15)6(16)18-1-7-2-19-22(17,20-3-7)21-4-7/h5H,1-4H2. The molecule has 0 aromatic carbocycles. The summed E-state index contributed by atoms with van der Waals surface area (Å²) in [4.78, 5) is 11.2. The predicted molar refractivity (Wildman–Crippen MR) is 54.5 cm³/mol. The average molecular weight is 358 g/mol. The topological polar surface area (TPSA) is 71.1 Å². The molecule has 2 bridgehead atoms. The first kappa shape index (κ1) is 17.5. The van der Waals surface area contributed by atoms with Crippen molar-refractivity contribution in [1.29, 1.82) is 0 Å². The van der Waals surface area contributed by atoms with Crippen LogP contribution < -0.4 is 0 Å². The van der Waals surface area contributed by atoms with Crippen LogP contribution >= 0.6 is 7.82 Å². The zero-order valence-corrected chi connectivity index (χ0v) is 11.5. The lowest BCUT2D eigenvalue weighted by Gasteiger charge is -2.43. The van der Waals surface area contributed by atoms with E-state index in [0.29, 0.717) is 0 Å². The van der Waals surface area contributed by atoms with E-state index in [0.717, 1.165) is 0 Å². The van der Waals surface area contributed by atoms with Crippen molar-refractivity contribution in [2.75, 3.05) is 26.4 Å². The van der Waals surface area contributed by atoms with Crippen LogP contribution in [0, 0.1) is 11.3 Å². The van der Waals surface area contributed by atoms with Gasteiger partial charge in [0.2, 0.25) is 5.92 Å². The minimum Gasteiger partial charge on any atom is -0.464 e. The quantitative estimate of drug-likeness (QED) is 0.439. The molecule has 3 saturated heterocycles. The Morgan fingerprint density at radius 1 is 1.05 bits per heavy atom. The van der Waals surface area contributed by atoms with Crippen molar-refractivity contribution < 1.29 is 54.0 Å². The van der Waals surface area contributed by atoms with Crippen LogP contribution in [0.5, 0.6) is 0 Å². The van der Waals surface area contributed by atoms with E-state index in [-0.39, 0.29) is 19.8 Å². The number of rotatable bonds is 3. The molecule has 3 aliphatic rings. The molecule has 0 atom stereocenters. The van der Waals surface area contributed by atoms with E-state index >= 15 is 0 Å². The molecule has 3 heterocycles. The maximum absolute atomic E-state index is 12.3. The van der Waals surface area contributed by atoms with Gasteiger partial charge in [0.1, 0.15) is 6.61 Å². The Labute approximate surface area is 119 Å². The van der Waals surface area contributed by atoms with E-state index in [1.54, 1.807) is 0 Å². The molecule has 3 rings (SSSR count). The Kier molecular flexibility index (Phi) is 4.27. The molecule has 0 amide bonds. The smallest absolute Gasteiger partial charge is 0.464 e. The number of fused-ring (bicyclic) bond motifs is 3. The highest BCUT2D eigenvalue weighted by Crippen LogP contribution is 2.60. The van der Waals surface area contributed by atoms with Crippen LogP contribution in [0.3, 0.4) is 0 Å². The number of esters is 1. The van der Waals surface area contributed by atoms with Gasteiger partial charge in [0, 0.05) is 0 Å². The number of hydrogen-bond acceptors (Lipinski definition) is 6. The van der Waals surface area contributed by atoms with E-state index in [1.807, 2.05) is 0 Å². The van der Waals surface area contributed by atoms with Crippen molar-refractivity contribution in [3.8, 4) is 0 Å². The van der Waals surface area contributed by atoms with E-state index < -0.39 is 44.1 Å². The summed E-state index contributed by atoms with van der Waals surface area (Å²) in [5.41, 5.74) is -1.29. The second kappa shape index (κ2) is 5.36. The van der Waals surface area contributed by atoms with Gasteiger partial charge in [-0.25, -0.2) is 4.57 Å². The summed E-state index contributed by atoms with van der Waals surface area (Å²) >= 11 is 0. The van der Waals surface area contributed by atoms with Crippen LogP contribution in [-0.4, -0.2) is 44.7 Å². The molecule has 0 aliphatic carbocycles. The second-order valence-corrected chi connectivity index (χ2v) is 6.56. The highest BCUT2D eigenvalue weighted by atomic mass is 31.2. The minimum atomic E-state index is -5.83. The van der Waals surface area contributed by atoms with Crippen LogP contribution in [0.25, 0.3) is 0 Å². The average Bonchev–Trinajstić information content (AvgIpc) is 2.35. The van der Waals surface area contributed by atoms with Gasteiger partial charge in [-0.05, 0) is 0 Å². The fourth-order valence-corrected chi connectivity index (χ4v) is 3.29. The van der Waals surface area contributed by atoms with Crippen molar-refractivity contribution in [2.45, 2.75) is 12.4 Å². The molecule has 3 fully saturated rings. The molecule has 0 aromatic rings. The molecule has 0 spiro atoms. The first-order valence-corrected chi connectivity index (χ1v) is 7.17. The van der Waals surface area contributed by atoms with Gasteiger partial charge in [-0.1, -0.05) is 0 Å². The lowest BCUT2D eigenvalue weighted by molar-refractivity contribution is -0.283. The Bertz CT molecular complexity index is 457. The van der Waals surface area contributed by atoms with Gasteiger partial charge in [-0.15, -0.1) is 0 Å². The molecule has 22 heavy (non-hydrogen) atoms. The number of carbonyl (C=O) groups is 1. The van der Waals surface area contributed by atoms with Gasteiger partial charge in [0.25, 0.3) is 0 Å². The number of alkyl halides is 6. The van der Waals surface area contributed by atoms with Crippen LogP contribution in [0.4, 0.5) is 26.3 Å². The molecule has 0 unspecified atom stereocenters. The number of carbonyl (C=O) groups excluding carboxylic acids is 1. The van der Waals surface area contributed by atoms with Gasteiger partial charge in [0.15, 0.2) is 0 Å². The molecule has 0 aromatic heterocycles. The Morgan fingerprint density at radius 2 is 1.45 bits per heavy atom. The number of hydrogen-bond donors (Lipinski definition) is 0. The van der Waals surface area contributed by atoms with Gasteiger partial charge >= 0.3 is 26.1 Å². The van der Waals surface area contributed by atoms with Crippen molar-refractivity contribution >= 4 is 13.8 Å². The summed E-state index contributed by atoms with van der Waals surface area (Å²) in [6.07, 6.45) is -11.7. The molecule has 0 saturated carbocycles. The van der Waals surface area contributed by atoms with Gasteiger partial charge in [0.05, 0.1) is 25.2 Å². The third kappa shape index (κ3) is 3.55. The van der Waals surface area contributed by atoms with Crippen molar-refractivity contribution in [2.24, 2.45) is 11.3 Å². The summed E-state index contributed by atoms with van der Waals surface area (Å²) in [7, 11) is -3.69. The lowest BCUT2D eigenvalue weighted by Crippen LogP contribution is -2.50. The summed E-state index contributed by atoms with van der Waals surface area (Å²) < 4.78 is 104. The number of phosphoric ester groups is 1. The largest absolute Gasteiger partial charge is 0.474 e. The molecular formula is C9H9F6O6P. The molecule has 0 radical (unpaired) electrons. The van der Waals surface area contributed by atoms with E-state index in [1.165, 1.54) is 0 Å². The minimum absolute atomic E-state index is 0.333. The third-order valence-corrected chi connectivity index (χ3v) is 4.33. The van der Waals surface area contributed by atoms with Crippen LogP contribution in [0.2, 0.25) is 0 Å². The Hall–Kier alpha value is -0.840. The first-order chi connectivity index (χ1) is 9.87. The van der Waals surface area contributed by atoms with Crippen LogP contribution in [0.1, 0.15) is 0 Å². The van der Waals surface area contributed by atoms with Crippen LogP contribution in [-0.2, 0) is 27.7 Å². The summed E-state index contributed by atoms with van der Waals surface area (Å²) in [6.45, 7) is -1.85. The molecule has 128 valence electrons. The van der Waals surface area contributed by atoms with E-state index in [9.17, 15) is 35.7 Å². The number of phosphoric acid groups is 1. The number of halogens is 6. The third-order valence-electron chi connectivity index (χ3n) is 3.00. The molecule has 3 aliphatic heterocycles. The van der Waals surface area contributed by atoms with Gasteiger partial charge in [-0.3, -0.25) is 18.4 Å². The predicted octanol–water partition coefficient (Wildman–Crippen LogP) is 2.44. The second-order valence-electron chi connectivity index (χ2n) is 4.89. The Morgan fingerprint density at radius 3 is 1.82 bits per heavy atom. The summed E-state index contributed by atoms with van der Waals surface area (Å²) in [5, 5.41) is 0. The normalized spacial score (nSPS) is 32.3. The number of ether oxygens (including phenoxy) is 1. The zero-order chi connectivity index (χ0) is 16.8. The highest BCUT2D eigenvalue weighted by molar-refractivity contribution is 7.48. The zero-order valence-electron chi connectivity index (χ0n) is 10.6. The van der Waals surface area contributed by atoms with Crippen molar-refractivity contribution in [1.82, 2.24) is 0 Å². The first-order valence-electron chi connectivity index (χ1n) is 5.71. The van der Waals surface area contributed by atoms with Crippen LogP contribution in [0.15, 0.2) is 0 Å². The monoisotopic (exact) mass is 358 g/mol. The fourth-order valence-electron chi connectivity index (χ4n) is 1.77. The highest BCUT2D eigenvalue weighted by Gasteiger charge is 2.62. The summed E-state index contributed by atoms with van der Waals surface area (Å²) in [5.74, 6) is -6.72. The van der Waals surface area contributed by atoms with Crippen molar-refractivity contribution in [3.63, 3.8) is 0 Å². The maximum Gasteiger partial charge on any atom is 0.474 e. The fraction of sp³-hybridized carbons (Fsp3) is 0.889. The molecule has 6 nitrogen and oxygen atoms in total. The SMILES string of the molecule is O=C(OCC12COP(=O)(OC1)OC2)C(C(F)(F)F)C(F)(F)F. The molecular weight excluding hydrogens is 349 g/mol. The lowest BCUT2D eigenvalue weighted by atomic mass is 9.92.